The SMILES string of the molecule is CC1=C(/C=C/C(C)=C/C=C/C(C)=C/C=C/C=C(C)/C=C/C=C(C)/C=C/C2=C(C)C(=O)C(n3cc[n+](C)c3)CC2(C)C)C(C)(C)CC(n2cc[n+](C)c2)C1=O. The molecule has 6 nitrogen and oxygen atoms in total. The van der Waals surface area contributed by atoms with E-state index < -0.39 is 0 Å². The fourth-order valence-electron chi connectivity index (χ4n) is 7.41. The van der Waals surface area contributed by atoms with Crippen LogP contribution in [0.5, 0.6) is 0 Å². The van der Waals surface area contributed by atoms with Gasteiger partial charge in [0.15, 0.2) is 12.1 Å². The number of carbonyl (C=O) groups is 2. The number of carbonyl (C=O) groups excluding carboxylic acids is 2. The predicted octanol–water partition coefficient (Wildman–Crippen LogP) is 9.92. The molecular formula is C48H62N4O2+2. The average Bonchev–Trinajstić information content (AvgIpc) is 3.74. The molecule has 2 atom stereocenters. The number of imidazole rings is 2. The van der Waals surface area contributed by atoms with Gasteiger partial charge in [0.2, 0.25) is 24.2 Å². The molecule has 0 fully saturated rings. The van der Waals surface area contributed by atoms with Crippen LogP contribution in [0.1, 0.15) is 94.2 Å². The monoisotopic (exact) mass is 726 g/mol. The highest BCUT2D eigenvalue weighted by Gasteiger charge is 2.42. The third-order valence-corrected chi connectivity index (χ3v) is 10.6. The zero-order chi connectivity index (χ0) is 39.8. The molecule has 2 aliphatic carbocycles. The molecule has 2 heterocycles. The highest BCUT2D eigenvalue weighted by Crippen LogP contribution is 2.45. The number of rotatable bonds is 12. The summed E-state index contributed by atoms with van der Waals surface area (Å²) in [6, 6.07) is -0.326. The Morgan fingerprint density at radius 3 is 1.26 bits per heavy atom. The van der Waals surface area contributed by atoms with Gasteiger partial charge < -0.3 is 0 Å². The molecule has 2 unspecified atom stereocenters. The van der Waals surface area contributed by atoms with E-state index in [4.69, 9.17) is 0 Å². The average molecular weight is 727 g/mol. The van der Waals surface area contributed by atoms with Crippen LogP contribution in [-0.4, -0.2) is 20.7 Å². The Hall–Kier alpha value is -5.10. The molecule has 0 aliphatic heterocycles. The number of hydrogen-bond acceptors (Lipinski definition) is 2. The zero-order valence-corrected chi connectivity index (χ0v) is 34.7. The van der Waals surface area contributed by atoms with Gasteiger partial charge in [0.25, 0.3) is 0 Å². The lowest BCUT2D eigenvalue weighted by Gasteiger charge is -2.35. The summed E-state index contributed by atoms with van der Waals surface area (Å²) in [5.41, 5.74) is 8.24. The number of nitrogens with zero attached hydrogens (tertiary/aromatic N) is 4. The molecule has 0 N–H and O–H groups in total. The Bertz CT molecular complexity index is 1940. The summed E-state index contributed by atoms with van der Waals surface area (Å²) >= 11 is 0. The maximum atomic E-state index is 13.3. The highest BCUT2D eigenvalue weighted by atomic mass is 16.1. The Labute approximate surface area is 324 Å². The van der Waals surface area contributed by atoms with Crippen molar-refractivity contribution in [2.45, 2.75) is 94.2 Å². The lowest BCUT2D eigenvalue weighted by atomic mass is 9.70. The summed E-state index contributed by atoms with van der Waals surface area (Å²) in [5.74, 6) is 0.392. The Kier molecular flexibility index (Phi) is 13.7. The van der Waals surface area contributed by atoms with E-state index >= 15 is 0 Å². The number of aromatic nitrogens is 4. The topological polar surface area (TPSA) is 51.8 Å². The van der Waals surface area contributed by atoms with Crippen molar-refractivity contribution >= 4 is 11.6 Å². The van der Waals surface area contributed by atoms with Crippen LogP contribution in [0.3, 0.4) is 0 Å². The van der Waals surface area contributed by atoms with Crippen LogP contribution < -0.4 is 9.13 Å². The van der Waals surface area contributed by atoms with Crippen molar-refractivity contribution in [3.8, 4) is 0 Å². The van der Waals surface area contributed by atoms with Crippen LogP contribution in [0.15, 0.2) is 167 Å². The molecular weight excluding hydrogens is 665 g/mol. The standard InChI is InChI=1S/C48H62N4O2/c1-35(19-15-21-37(3)23-25-41-39(5)45(53)43(31-47(41,7)8)51-29-27-49(11)33-51)17-13-14-18-36(2)20-16-22-38(4)24-26-42-40(6)46(54)44(32-48(42,9)10)52-30-28-50(12)34-52/h13-30,33-34,43-44H,31-32H2,1-12H3/q+2/b14-13+,19-15+,20-16+,25-23+,26-24+,35-17+,36-18+,37-21+,38-22+. The summed E-state index contributed by atoms with van der Waals surface area (Å²) in [6.07, 6.45) is 42.7. The first-order valence-electron chi connectivity index (χ1n) is 19.0. The maximum Gasteiger partial charge on any atom is 0.244 e. The molecule has 0 saturated heterocycles. The summed E-state index contributed by atoms with van der Waals surface area (Å²) < 4.78 is 8.02. The molecule has 0 saturated carbocycles. The highest BCUT2D eigenvalue weighted by molar-refractivity contribution is 6.01. The van der Waals surface area contributed by atoms with Gasteiger partial charge in [-0.15, -0.1) is 0 Å². The second-order valence-electron chi connectivity index (χ2n) is 16.5. The van der Waals surface area contributed by atoms with Crippen LogP contribution >= 0.6 is 0 Å². The fraction of sp³-hybridized carbons (Fsp3) is 0.375. The zero-order valence-electron chi connectivity index (χ0n) is 34.7. The molecule has 0 bridgehead atoms. The van der Waals surface area contributed by atoms with Crippen molar-refractivity contribution in [1.29, 1.82) is 0 Å². The van der Waals surface area contributed by atoms with E-state index in [9.17, 15) is 9.59 Å². The van der Waals surface area contributed by atoms with Gasteiger partial charge in [-0.1, -0.05) is 135 Å². The third kappa shape index (κ3) is 10.7. The normalized spacial score (nSPS) is 22.2. The molecule has 2 aromatic rings. The third-order valence-electron chi connectivity index (χ3n) is 10.6. The van der Waals surface area contributed by atoms with E-state index in [1.54, 1.807) is 0 Å². The number of Topliss-reactive ketones (excluding diaryl/α,β-unsaturated/α-hetero) is 2. The van der Waals surface area contributed by atoms with Gasteiger partial charge in [-0.2, -0.15) is 0 Å². The Morgan fingerprint density at radius 1 is 0.593 bits per heavy atom. The molecule has 6 heteroatoms. The van der Waals surface area contributed by atoms with Gasteiger partial charge in [0, 0.05) is 24.0 Å². The molecule has 284 valence electrons. The van der Waals surface area contributed by atoms with E-state index in [0.29, 0.717) is 0 Å². The molecule has 0 spiro atoms. The minimum atomic E-state index is -0.163. The van der Waals surface area contributed by atoms with Crippen molar-refractivity contribution in [1.82, 2.24) is 9.13 Å². The van der Waals surface area contributed by atoms with Gasteiger partial charge in [0.1, 0.15) is 24.8 Å². The van der Waals surface area contributed by atoms with Crippen LogP contribution in [0, 0.1) is 10.8 Å². The predicted molar refractivity (Wildman–Crippen MR) is 222 cm³/mol. The van der Waals surface area contributed by atoms with E-state index in [0.717, 1.165) is 57.4 Å². The summed E-state index contributed by atoms with van der Waals surface area (Å²) in [4.78, 5) is 26.6. The van der Waals surface area contributed by atoms with Gasteiger partial charge in [-0.25, -0.2) is 18.3 Å². The fourth-order valence-corrected chi connectivity index (χ4v) is 7.41. The first-order chi connectivity index (χ1) is 25.4. The molecule has 2 aliphatic rings. The van der Waals surface area contributed by atoms with Crippen LogP contribution in [0.2, 0.25) is 0 Å². The van der Waals surface area contributed by atoms with Gasteiger partial charge in [0.05, 0.1) is 14.1 Å². The van der Waals surface area contributed by atoms with Gasteiger partial charge >= 0.3 is 0 Å². The summed E-state index contributed by atoms with van der Waals surface area (Å²) in [6.45, 7) is 21.2. The van der Waals surface area contributed by atoms with Crippen molar-refractivity contribution < 1.29 is 18.7 Å². The van der Waals surface area contributed by atoms with Crippen LogP contribution in [-0.2, 0) is 23.7 Å². The molecule has 0 aromatic carbocycles. The Morgan fingerprint density at radius 2 is 0.926 bits per heavy atom. The van der Waals surface area contributed by atoms with Crippen molar-refractivity contribution in [3.63, 3.8) is 0 Å². The number of hydrogen-bond donors (Lipinski definition) is 0. The Balaban J connectivity index is 1.30. The van der Waals surface area contributed by atoms with Crippen LogP contribution in [0.4, 0.5) is 0 Å². The first-order valence-corrected chi connectivity index (χ1v) is 19.0. The van der Waals surface area contributed by atoms with E-state index in [2.05, 4.69) is 140 Å². The lowest BCUT2D eigenvalue weighted by molar-refractivity contribution is -0.671. The smallest absolute Gasteiger partial charge is 0.244 e. The molecule has 4 rings (SSSR count). The van der Waals surface area contributed by atoms with Crippen molar-refractivity contribution in [3.05, 3.63) is 167 Å². The molecule has 0 amide bonds. The quantitative estimate of drug-likeness (QED) is 0.162. The minimum Gasteiger partial charge on any atom is -0.290 e. The van der Waals surface area contributed by atoms with E-state index in [1.807, 2.05) is 83.7 Å². The lowest BCUT2D eigenvalue weighted by Crippen LogP contribution is -2.34. The van der Waals surface area contributed by atoms with E-state index in [1.165, 1.54) is 0 Å². The second-order valence-corrected chi connectivity index (χ2v) is 16.5. The first kappa shape index (κ1) is 41.7. The van der Waals surface area contributed by atoms with Crippen molar-refractivity contribution in [2.24, 2.45) is 24.9 Å². The second kappa shape index (κ2) is 17.8. The maximum absolute atomic E-state index is 13.3. The number of ketones is 2. The molecule has 0 radical (unpaired) electrons. The summed E-state index contributed by atoms with van der Waals surface area (Å²) in [5, 5.41) is 0. The largest absolute Gasteiger partial charge is 0.290 e. The number of allylic oxidation sites excluding steroid dienone is 22. The molecule has 2 aromatic heterocycles. The van der Waals surface area contributed by atoms with Gasteiger partial charge in [-0.3, -0.25) is 9.59 Å². The number of aryl methyl sites for hydroxylation is 2. The van der Waals surface area contributed by atoms with Crippen molar-refractivity contribution in [2.75, 3.05) is 0 Å². The summed E-state index contributed by atoms with van der Waals surface area (Å²) in [7, 11) is 3.96. The van der Waals surface area contributed by atoms with E-state index in [-0.39, 0.29) is 34.5 Å². The van der Waals surface area contributed by atoms with Crippen LogP contribution in [0.25, 0.3) is 0 Å². The van der Waals surface area contributed by atoms with Gasteiger partial charge in [-0.05, 0) is 63.5 Å². The molecule has 54 heavy (non-hydrogen) atoms. The minimum absolute atomic E-state index is 0.111.